The summed E-state index contributed by atoms with van der Waals surface area (Å²) in [6.45, 7) is 1.36. The van der Waals surface area contributed by atoms with Crippen LogP contribution in [0.2, 0.25) is 0 Å². The highest BCUT2D eigenvalue weighted by Gasteiger charge is 2.25. The number of ether oxygens (including phenoxy) is 1. The van der Waals surface area contributed by atoms with E-state index in [-0.39, 0.29) is 5.92 Å². The van der Waals surface area contributed by atoms with Gasteiger partial charge in [-0.15, -0.1) is 0 Å². The number of aliphatic hydroxyl groups is 1. The van der Waals surface area contributed by atoms with E-state index in [2.05, 4.69) is 9.97 Å². The van der Waals surface area contributed by atoms with Crippen LogP contribution in [0, 0.1) is 5.92 Å². The quantitative estimate of drug-likeness (QED) is 0.722. The molecule has 1 aromatic rings. The van der Waals surface area contributed by atoms with Gasteiger partial charge in [0.05, 0.1) is 18.5 Å². The van der Waals surface area contributed by atoms with Crippen LogP contribution in [0.5, 0.6) is 0 Å². The molecule has 0 aliphatic carbocycles. The maximum absolute atomic E-state index is 9.84. The van der Waals surface area contributed by atoms with Crippen molar-refractivity contribution in [3.63, 3.8) is 0 Å². The summed E-state index contributed by atoms with van der Waals surface area (Å²) in [5.41, 5.74) is 0.637. The zero-order valence-corrected chi connectivity index (χ0v) is 7.26. The van der Waals surface area contributed by atoms with Gasteiger partial charge in [-0.3, -0.25) is 9.97 Å². The van der Waals surface area contributed by atoms with E-state index in [0.29, 0.717) is 12.3 Å². The number of aromatic nitrogens is 2. The van der Waals surface area contributed by atoms with E-state index >= 15 is 0 Å². The van der Waals surface area contributed by atoms with Crippen LogP contribution in [-0.2, 0) is 4.74 Å². The predicted octanol–water partition coefficient (Wildman–Crippen LogP) is 0.546. The van der Waals surface area contributed by atoms with Crippen LogP contribution >= 0.6 is 0 Å². The molecule has 1 aromatic heterocycles. The van der Waals surface area contributed by atoms with Gasteiger partial charge in [0.15, 0.2) is 0 Å². The van der Waals surface area contributed by atoms with Crippen LogP contribution in [0.25, 0.3) is 0 Å². The summed E-state index contributed by atoms with van der Waals surface area (Å²) < 4.78 is 5.19. The predicted molar refractivity (Wildman–Crippen MR) is 45.9 cm³/mol. The molecular formula is C9H12N2O2. The molecule has 1 fully saturated rings. The molecule has 2 rings (SSSR count). The molecular weight excluding hydrogens is 168 g/mol. The average Bonchev–Trinajstić information content (AvgIpc) is 2.71. The Morgan fingerprint density at radius 3 is 3.08 bits per heavy atom. The normalized spacial score (nSPS) is 24.5. The van der Waals surface area contributed by atoms with E-state index in [1.807, 2.05) is 0 Å². The first kappa shape index (κ1) is 8.59. The lowest BCUT2D eigenvalue weighted by Gasteiger charge is -2.14. The Bertz CT molecular complexity index is 260. The lowest BCUT2D eigenvalue weighted by atomic mass is 10.00. The molecule has 0 radical (unpaired) electrons. The van der Waals surface area contributed by atoms with Gasteiger partial charge in [-0.05, 0) is 6.42 Å². The molecule has 4 nitrogen and oxygen atoms in total. The monoisotopic (exact) mass is 180 g/mol. The summed E-state index contributed by atoms with van der Waals surface area (Å²) in [5, 5.41) is 9.84. The van der Waals surface area contributed by atoms with Crippen molar-refractivity contribution in [2.75, 3.05) is 13.2 Å². The Balaban J connectivity index is 2.08. The van der Waals surface area contributed by atoms with Crippen LogP contribution in [0.4, 0.5) is 0 Å². The van der Waals surface area contributed by atoms with Crippen LogP contribution < -0.4 is 0 Å². The second-order valence-corrected chi connectivity index (χ2v) is 3.20. The van der Waals surface area contributed by atoms with E-state index in [9.17, 15) is 5.11 Å². The summed E-state index contributed by atoms with van der Waals surface area (Å²) in [7, 11) is 0. The molecule has 1 aliphatic rings. The molecule has 2 atom stereocenters. The maximum Gasteiger partial charge on any atom is 0.103 e. The number of aliphatic hydroxyl groups excluding tert-OH is 1. The molecule has 0 saturated carbocycles. The summed E-state index contributed by atoms with van der Waals surface area (Å²) >= 11 is 0. The third-order valence-electron chi connectivity index (χ3n) is 2.30. The molecule has 0 amide bonds. The summed E-state index contributed by atoms with van der Waals surface area (Å²) in [6, 6.07) is 0. The van der Waals surface area contributed by atoms with E-state index in [4.69, 9.17) is 4.74 Å². The summed E-state index contributed by atoms with van der Waals surface area (Å²) in [6.07, 6.45) is 5.16. The second-order valence-electron chi connectivity index (χ2n) is 3.20. The highest BCUT2D eigenvalue weighted by molar-refractivity contribution is 5.01. The minimum Gasteiger partial charge on any atom is -0.386 e. The van der Waals surface area contributed by atoms with Gasteiger partial charge in [-0.1, -0.05) is 0 Å². The fourth-order valence-corrected chi connectivity index (χ4v) is 1.51. The van der Waals surface area contributed by atoms with Gasteiger partial charge in [0.2, 0.25) is 0 Å². The van der Waals surface area contributed by atoms with Gasteiger partial charge in [0.25, 0.3) is 0 Å². The zero-order valence-electron chi connectivity index (χ0n) is 7.26. The van der Waals surface area contributed by atoms with Crippen molar-refractivity contribution in [1.29, 1.82) is 0 Å². The highest BCUT2D eigenvalue weighted by Crippen LogP contribution is 2.26. The smallest absolute Gasteiger partial charge is 0.103 e. The van der Waals surface area contributed by atoms with Gasteiger partial charge in [-0.25, -0.2) is 0 Å². The first-order chi connectivity index (χ1) is 6.38. The minimum absolute atomic E-state index is 0.177. The van der Waals surface area contributed by atoms with Gasteiger partial charge < -0.3 is 9.84 Å². The lowest BCUT2D eigenvalue weighted by molar-refractivity contribution is 0.0882. The van der Waals surface area contributed by atoms with Crippen LogP contribution in [0.3, 0.4) is 0 Å². The first-order valence-electron chi connectivity index (χ1n) is 4.39. The van der Waals surface area contributed by atoms with Crippen molar-refractivity contribution in [1.82, 2.24) is 9.97 Å². The Morgan fingerprint density at radius 2 is 2.46 bits per heavy atom. The Kier molecular flexibility index (Phi) is 2.52. The zero-order chi connectivity index (χ0) is 9.10. The van der Waals surface area contributed by atoms with Gasteiger partial charge in [0.1, 0.15) is 6.10 Å². The molecule has 1 N–H and O–H groups in total. The fourth-order valence-electron chi connectivity index (χ4n) is 1.51. The van der Waals surface area contributed by atoms with Gasteiger partial charge in [0, 0.05) is 24.9 Å². The Labute approximate surface area is 76.6 Å². The molecule has 0 bridgehead atoms. The summed E-state index contributed by atoms with van der Waals surface area (Å²) in [4.78, 5) is 7.97. The first-order valence-corrected chi connectivity index (χ1v) is 4.39. The van der Waals surface area contributed by atoms with Crippen molar-refractivity contribution in [2.45, 2.75) is 12.5 Å². The topological polar surface area (TPSA) is 55.2 Å². The molecule has 2 heterocycles. The number of nitrogens with zero attached hydrogens (tertiary/aromatic N) is 2. The number of hydrogen-bond donors (Lipinski definition) is 1. The Morgan fingerprint density at radius 1 is 1.54 bits per heavy atom. The van der Waals surface area contributed by atoms with E-state index in [1.54, 1.807) is 18.6 Å². The van der Waals surface area contributed by atoms with E-state index in [0.717, 1.165) is 13.0 Å². The van der Waals surface area contributed by atoms with E-state index in [1.165, 1.54) is 0 Å². The lowest BCUT2D eigenvalue weighted by Crippen LogP contribution is -2.13. The second kappa shape index (κ2) is 3.81. The minimum atomic E-state index is -0.531. The van der Waals surface area contributed by atoms with Crippen molar-refractivity contribution >= 4 is 0 Å². The molecule has 13 heavy (non-hydrogen) atoms. The highest BCUT2D eigenvalue weighted by atomic mass is 16.5. The average molecular weight is 180 g/mol. The SMILES string of the molecule is OC(c1cnccn1)C1CCOC1. The molecule has 1 aliphatic heterocycles. The van der Waals surface area contributed by atoms with Crippen LogP contribution in [0.1, 0.15) is 18.2 Å². The Hall–Kier alpha value is -1.00. The van der Waals surface area contributed by atoms with Crippen LogP contribution in [0.15, 0.2) is 18.6 Å². The van der Waals surface area contributed by atoms with Gasteiger partial charge >= 0.3 is 0 Å². The fraction of sp³-hybridized carbons (Fsp3) is 0.556. The molecule has 70 valence electrons. The third-order valence-corrected chi connectivity index (χ3v) is 2.30. The van der Waals surface area contributed by atoms with Crippen LogP contribution in [-0.4, -0.2) is 28.3 Å². The van der Waals surface area contributed by atoms with E-state index < -0.39 is 6.10 Å². The van der Waals surface area contributed by atoms with Gasteiger partial charge in [-0.2, -0.15) is 0 Å². The molecule has 2 unspecified atom stereocenters. The molecule has 1 saturated heterocycles. The van der Waals surface area contributed by atoms with Crippen molar-refractivity contribution in [2.24, 2.45) is 5.92 Å². The van der Waals surface area contributed by atoms with Crippen molar-refractivity contribution in [3.05, 3.63) is 24.3 Å². The third kappa shape index (κ3) is 1.84. The van der Waals surface area contributed by atoms with Crippen molar-refractivity contribution < 1.29 is 9.84 Å². The molecule has 0 aromatic carbocycles. The summed E-state index contributed by atoms with van der Waals surface area (Å²) in [5.74, 6) is 0.177. The van der Waals surface area contributed by atoms with Crippen molar-refractivity contribution in [3.8, 4) is 0 Å². The number of rotatable bonds is 2. The number of hydrogen-bond acceptors (Lipinski definition) is 4. The molecule has 4 heteroatoms. The standard InChI is InChI=1S/C9H12N2O2/c12-9(7-1-4-13-6-7)8-5-10-2-3-11-8/h2-3,5,7,9,12H,1,4,6H2. The maximum atomic E-state index is 9.84. The molecule has 0 spiro atoms. The largest absolute Gasteiger partial charge is 0.386 e.